The van der Waals surface area contributed by atoms with Gasteiger partial charge in [0.15, 0.2) is 6.10 Å². The van der Waals surface area contributed by atoms with E-state index in [9.17, 15) is 9.59 Å². The second-order valence-corrected chi connectivity index (χ2v) is 6.02. The molecular weight excluding hydrogens is 358 g/mol. The highest BCUT2D eigenvalue weighted by Crippen LogP contribution is 2.24. The number of ether oxygens (including phenoxy) is 2. The summed E-state index contributed by atoms with van der Waals surface area (Å²) in [5, 5.41) is 11.6. The minimum absolute atomic E-state index is 0.153. The highest BCUT2D eigenvalue weighted by molar-refractivity contribution is 5.95. The number of para-hydroxylation sites is 1. The molecule has 0 saturated carbocycles. The van der Waals surface area contributed by atoms with Crippen molar-refractivity contribution in [3.05, 3.63) is 84.4 Å². The Kier molecular flexibility index (Phi) is 5.91. The number of carboxylic acid groups (broad SMARTS) is 1. The predicted molar refractivity (Wildman–Crippen MR) is 105 cm³/mol. The average Bonchev–Trinajstić information content (AvgIpc) is 2.70. The number of anilines is 1. The molecule has 6 heteroatoms. The number of carbonyl (C=O) groups excluding carboxylic acids is 1. The molecule has 0 aliphatic heterocycles. The molecule has 1 unspecified atom stereocenters. The molecule has 0 aromatic heterocycles. The van der Waals surface area contributed by atoms with Crippen molar-refractivity contribution in [3.63, 3.8) is 0 Å². The van der Waals surface area contributed by atoms with E-state index in [0.29, 0.717) is 17.2 Å². The van der Waals surface area contributed by atoms with Crippen LogP contribution in [0.15, 0.2) is 78.9 Å². The highest BCUT2D eigenvalue weighted by Gasteiger charge is 2.15. The standard InChI is InChI=1S/C22H19NO5/c1-15(21(24)23-17-9-7-16(8-10-17)22(25)26)27-19-11-13-20(14-12-19)28-18-5-3-2-4-6-18/h2-15H,1H3,(H,23,24)(H,25,26). The zero-order valence-corrected chi connectivity index (χ0v) is 15.2. The number of carbonyl (C=O) groups is 2. The van der Waals surface area contributed by atoms with Crippen LogP contribution in [0.5, 0.6) is 17.2 Å². The molecule has 0 aliphatic carbocycles. The van der Waals surface area contributed by atoms with Gasteiger partial charge in [-0.3, -0.25) is 4.79 Å². The fraction of sp³-hybridized carbons (Fsp3) is 0.0909. The van der Waals surface area contributed by atoms with Crippen LogP contribution >= 0.6 is 0 Å². The first-order chi connectivity index (χ1) is 13.5. The summed E-state index contributed by atoms with van der Waals surface area (Å²) in [6, 6.07) is 22.3. The van der Waals surface area contributed by atoms with Gasteiger partial charge in [-0.25, -0.2) is 4.79 Å². The van der Waals surface area contributed by atoms with E-state index in [1.165, 1.54) is 24.3 Å². The van der Waals surface area contributed by atoms with Gasteiger partial charge in [0.05, 0.1) is 5.56 Å². The Bertz CT molecular complexity index is 937. The maximum atomic E-state index is 12.3. The van der Waals surface area contributed by atoms with Crippen LogP contribution in [0.25, 0.3) is 0 Å². The summed E-state index contributed by atoms with van der Waals surface area (Å²) in [6.45, 7) is 1.63. The van der Waals surface area contributed by atoms with Gasteiger partial charge in [0.2, 0.25) is 0 Å². The smallest absolute Gasteiger partial charge is 0.335 e. The molecule has 0 aliphatic rings. The van der Waals surface area contributed by atoms with E-state index in [0.717, 1.165) is 5.75 Å². The lowest BCUT2D eigenvalue weighted by molar-refractivity contribution is -0.122. The Morgan fingerprint density at radius 3 is 2.00 bits per heavy atom. The summed E-state index contributed by atoms with van der Waals surface area (Å²) in [4.78, 5) is 23.1. The molecule has 1 atom stereocenters. The van der Waals surface area contributed by atoms with Crippen LogP contribution < -0.4 is 14.8 Å². The Hall–Kier alpha value is -3.80. The molecule has 142 valence electrons. The third kappa shape index (κ3) is 5.11. The highest BCUT2D eigenvalue weighted by atomic mass is 16.5. The lowest BCUT2D eigenvalue weighted by Gasteiger charge is -2.15. The summed E-state index contributed by atoms with van der Waals surface area (Å²) in [6.07, 6.45) is -0.736. The van der Waals surface area contributed by atoms with Crippen LogP contribution in [0.3, 0.4) is 0 Å². The van der Waals surface area contributed by atoms with Gasteiger partial charge in [-0.2, -0.15) is 0 Å². The summed E-state index contributed by atoms with van der Waals surface area (Å²) < 4.78 is 11.4. The molecule has 3 rings (SSSR count). The van der Waals surface area contributed by atoms with Crippen molar-refractivity contribution < 1.29 is 24.2 Å². The molecule has 1 amide bonds. The summed E-state index contributed by atoms with van der Waals surface area (Å²) in [5.74, 6) is 0.568. The van der Waals surface area contributed by atoms with Crippen LogP contribution in [-0.2, 0) is 4.79 Å². The van der Waals surface area contributed by atoms with Gasteiger partial charge in [-0.1, -0.05) is 18.2 Å². The molecule has 0 heterocycles. The van der Waals surface area contributed by atoms with E-state index in [1.807, 2.05) is 30.3 Å². The summed E-state index contributed by atoms with van der Waals surface area (Å²) >= 11 is 0. The van der Waals surface area contributed by atoms with Crippen molar-refractivity contribution in [1.29, 1.82) is 0 Å². The van der Waals surface area contributed by atoms with E-state index in [1.54, 1.807) is 31.2 Å². The molecule has 3 aromatic carbocycles. The molecule has 0 spiro atoms. The number of aromatic carboxylic acids is 1. The van der Waals surface area contributed by atoms with Gasteiger partial charge in [0, 0.05) is 5.69 Å². The topological polar surface area (TPSA) is 84.9 Å². The first-order valence-corrected chi connectivity index (χ1v) is 8.65. The van der Waals surface area contributed by atoms with Crippen molar-refractivity contribution in [1.82, 2.24) is 0 Å². The fourth-order valence-corrected chi connectivity index (χ4v) is 2.41. The van der Waals surface area contributed by atoms with Crippen molar-refractivity contribution in [2.45, 2.75) is 13.0 Å². The number of amides is 1. The van der Waals surface area contributed by atoms with Gasteiger partial charge in [0.1, 0.15) is 17.2 Å². The SMILES string of the molecule is CC(Oc1ccc(Oc2ccccc2)cc1)C(=O)Nc1ccc(C(=O)O)cc1. The maximum absolute atomic E-state index is 12.3. The molecule has 2 N–H and O–H groups in total. The zero-order valence-electron chi connectivity index (χ0n) is 15.2. The minimum atomic E-state index is -1.02. The molecule has 28 heavy (non-hydrogen) atoms. The number of hydrogen-bond donors (Lipinski definition) is 2. The van der Waals surface area contributed by atoms with Crippen molar-refractivity contribution in [2.24, 2.45) is 0 Å². The normalized spacial score (nSPS) is 11.3. The number of rotatable bonds is 7. The van der Waals surface area contributed by atoms with Crippen LogP contribution in [-0.4, -0.2) is 23.1 Å². The van der Waals surface area contributed by atoms with Gasteiger partial charge < -0.3 is 19.9 Å². The van der Waals surface area contributed by atoms with Gasteiger partial charge in [-0.05, 0) is 67.6 Å². The Morgan fingerprint density at radius 2 is 1.39 bits per heavy atom. The van der Waals surface area contributed by atoms with E-state index in [-0.39, 0.29) is 11.5 Å². The van der Waals surface area contributed by atoms with E-state index in [4.69, 9.17) is 14.6 Å². The molecule has 3 aromatic rings. The Balaban J connectivity index is 1.55. The van der Waals surface area contributed by atoms with Crippen LogP contribution in [0.4, 0.5) is 5.69 Å². The van der Waals surface area contributed by atoms with Gasteiger partial charge >= 0.3 is 5.97 Å². The third-order valence-electron chi connectivity index (χ3n) is 3.88. The van der Waals surface area contributed by atoms with Crippen molar-refractivity contribution in [2.75, 3.05) is 5.32 Å². The quantitative estimate of drug-likeness (QED) is 0.629. The Morgan fingerprint density at radius 1 is 0.821 bits per heavy atom. The van der Waals surface area contributed by atoms with Crippen LogP contribution in [0.2, 0.25) is 0 Å². The summed E-state index contributed by atoms with van der Waals surface area (Å²) in [5.41, 5.74) is 0.650. The lowest BCUT2D eigenvalue weighted by Crippen LogP contribution is -2.30. The zero-order chi connectivity index (χ0) is 19.9. The fourth-order valence-electron chi connectivity index (χ4n) is 2.41. The average molecular weight is 377 g/mol. The Labute approximate surface area is 162 Å². The molecule has 0 bridgehead atoms. The molecule has 0 fully saturated rings. The van der Waals surface area contributed by atoms with Crippen molar-refractivity contribution in [3.8, 4) is 17.2 Å². The largest absolute Gasteiger partial charge is 0.481 e. The molecule has 0 radical (unpaired) electrons. The lowest BCUT2D eigenvalue weighted by atomic mass is 10.2. The molecule has 0 saturated heterocycles. The maximum Gasteiger partial charge on any atom is 0.335 e. The first-order valence-electron chi connectivity index (χ1n) is 8.65. The third-order valence-corrected chi connectivity index (χ3v) is 3.88. The number of nitrogens with one attached hydrogen (secondary N) is 1. The van der Waals surface area contributed by atoms with Crippen molar-refractivity contribution >= 4 is 17.6 Å². The van der Waals surface area contributed by atoms with E-state index < -0.39 is 12.1 Å². The summed E-state index contributed by atoms with van der Waals surface area (Å²) in [7, 11) is 0. The minimum Gasteiger partial charge on any atom is -0.481 e. The number of benzene rings is 3. The van der Waals surface area contributed by atoms with E-state index in [2.05, 4.69) is 5.32 Å². The molecular formula is C22H19NO5. The van der Waals surface area contributed by atoms with Gasteiger partial charge in [-0.15, -0.1) is 0 Å². The van der Waals surface area contributed by atoms with Gasteiger partial charge in [0.25, 0.3) is 5.91 Å². The van der Waals surface area contributed by atoms with Crippen LogP contribution in [0, 0.1) is 0 Å². The second-order valence-electron chi connectivity index (χ2n) is 6.02. The van der Waals surface area contributed by atoms with E-state index >= 15 is 0 Å². The number of hydrogen-bond acceptors (Lipinski definition) is 4. The predicted octanol–water partition coefficient (Wildman–Crippen LogP) is 4.58. The molecule has 6 nitrogen and oxygen atoms in total. The number of carboxylic acids is 1. The second kappa shape index (κ2) is 8.73. The first kappa shape index (κ1) is 19.0. The van der Waals surface area contributed by atoms with Crippen LogP contribution in [0.1, 0.15) is 17.3 Å². The monoisotopic (exact) mass is 377 g/mol.